The molecule has 19 heavy (non-hydrogen) atoms. The van der Waals surface area contributed by atoms with Gasteiger partial charge in [0.2, 0.25) is 0 Å². The molecular weight excluding hydrogens is 238 g/mol. The highest BCUT2D eigenvalue weighted by Crippen LogP contribution is 2.31. The molecular formula is C15H25N3O. The lowest BCUT2D eigenvalue weighted by atomic mass is 9.79. The first-order chi connectivity index (χ1) is 9.11. The number of hydrogen-bond acceptors (Lipinski definition) is 4. The van der Waals surface area contributed by atoms with Gasteiger partial charge in [0.1, 0.15) is 12.1 Å². The number of rotatable bonds is 5. The van der Waals surface area contributed by atoms with Crippen LogP contribution in [0, 0.1) is 5.92 Å². The fourth-order valence-corrected chi connectivity index (χ4v) is 2.62. The van der Waals surface area contributed by atoms with E-state index < -0.39 is 5.60 Å². The van der Waals surface area contributed by atoms with Crippen LogP contribution in [0.5, 0.6) is 0 Å². The van der Waals surface area contributed by atoms with Gasteiger partial charge in [-0.25, -0.2) is 9.97 Å². The zero-order valence-corrected chi connectivity index (χ0v) is 12.0. The quantitative estimate of drug-likeness (QED) is 0.857. The van der Waals surface area contributed by atoms with Crippen LogP contribution in [-0.2, 0) is 6.42 Å². The van der Waals surface area contributed by atoms with Gasteiger partial charge in [0.25, 0.3) is 0 Å². The normalized spacial score (nSPS) is 27.2. The molecule has 0 saturated heterocycles. The Morgan fingerprint density at radius 1 is 1.37 bits per heavy atom. The van der Waals surface area contributed by atoms with Crippen molar-refractivity contribution in [3.8, 4) is 0 Å². The van der Waals surface area contributed by atoms with Crippen molar-refractivity contribution in [2.75, 3.05) is 11.9 Å². The molecule has 1 saturated carbocycles. The van der Waals surface area contributed by atoms with Crippen LogP contribution in [0.2, 0.25) is 0 Å². The Morgan fingerprint density at radius 3 is 2.79 bits per heavy atom. The molecule has 0 atom stereocenters. The maximum atomic E-state index is 10.5. The molecule has 0 aromatic carbocycles. The lowest BCUT2D eigenvalue weighted by Gasteiger charge is -2.35. The summed E-state index contributed by atoms with van der Waals surface area (Å²) in [5.41, 5.74) is 0.492. The maximum Gasteiger partial charge on any atom is 0.129 e. The highest BCUT2D eigenvalue weighted by molar-refractivity contribution is 5.35. The van der Waals surface area contributed by atoms with E-state index in [0.29, 0.717) is 6.54 Å². The van der Waals surface area contributed by atoms with Crippen molar-refractivity contribution in [2.24, 2.45) is 5.92 Å². The van der Waals surface area contributed by atoms with Crippen molar-refractivity contribution in [3.63, 3.8) is 0 Å². The van der Waals surface area contributed by atoms with E-state index in [9.17, 15) is 5.11 Å². The van der Waals surface area contributed by atoms with Crippen LogP contribution in [0.15, 0.2) is 12.4 Å². The van der Waals surface area contributed by atoms with E-state index in [1.807, 2.05) is 6.07 Å². The fraction of sp³-hybridized carbons (Fsp3) is 0.733. The molecule has 0 radical (unpaired) electrons. The molecule has 1 aromatic heterocycles. The molecule has 4 nitrogen and oxygen atoms in total. The Bertz CT molecular complexity index is 400. The third kappa shape index (κ3) is 4.16. The summed E-state index contributed by atoms with van der Waals surface area (Å²) in [4.78, 5) is 8.46. The summed E-state index contributed by atoms with van der Waals surface area (Å²) in [6.07, 6.45) is 7.64. The molecule has 0 spiro atoms. The van der Waals surface area contributed by atoms with Gasteiger partial charge in [-0.05, 0) is 38.0 Å². The minimum Gasteiger partial charge on any atom is -0.388 e. The fourth-order valence-electron chi connectivity index (χ4n) is 2.62. The van der Waals surface area contributed by atoms with Gasteiger partial charge in [0.05, 0.1) is 5.60 Å². The van der Waals surface area contributed by atoms with Gasteiger partial charge in [-0.2, -0.15) is 0 Å². The van der Waals surface area contributed by atoms with E-state index >= 15 is 0 Å². The first-order valence-corrected chi connectivity index (χ1v) is 7.38. The number of aliphatic hydroxyl groups is 1. The molecule has 0 unspecified atom stereocenters. The molecule has 0 bridgehead atoms. The summed E-state index contributed by atoms with van der Waals surface area (Å²) in [7, 11) is 0. The molecule has 1 heterocycles. The topological polar surface area (TPSA) is 58.0 Å². The van der Waals surface area contributed by atoms with Crippen molar-refractivity contribution < 1.29 is 5.11 Å². The number of anilines is 1. The first kappa shape index (κ1) is 14.3. The lowest BCUT2D eigenvalue weighted by Crippen LogP contribution is -2.40. The number of aryl methyl sites for hydroxylation is 1. The van der Waals surface area contributed by atoms with E-state index in [2.05, 4.69) is 29.1 Å². The number of nitrogens with one attached hydrogen (secondary N) is 1. The Morgan fingerprint density at radius 2 is 2.11 bits per heavy atom. The second kappa shape index (κ2) is 6.33. The minimum absolute atomic E-state index is 0.567. The molecule has 106 valence electrons. The van der Waals surface area contributed by atoms with E-state index in [4.69, 9.17) is 0 Å². The van der Waals surface area contributed by atoms with Gasteiger partial charge in [0.15, 0.2) is 0 Å². The summed E-state index contributed by atoms with van der Waals surface area (Å²) in [6, 6.07) is 1.98. The Labute approximate surface area is 115 Å². The Kier molecular flexibility index (Phi) is 4.75. The van der Waals surface area contributed by atoms with E-state index in [0.717, 1.165) is 56.0 Å². The molecule has 0 aliphatic heterocycles. The largest absolute Gasteiger partial charge is 0.388 e. The Balaban J connectivity index is 1.89. The van der Waals surface area contributed by atoms with E-state index in [1.165, 1.54) is 0 Å². The zero-order chi connectivity index (χ0) is 13.7. The predicted molar refractivity (Wildman–Crippen MR) is 77.1 cm³/mol. The molecule has 2 N–H and O–H groups in total. The average molecular weight is 263 g/mol. The van der Waals surface area contributed by atoms with Crippen molar-refractivity contribution in [1.29, 1.82) is 0 Å². The molecule has 1 fully saturated rings. The van der Waals surface area contributed by atoms with Crippen LogP contribution >= 0.6 is 0 Å². The summed E-state index contributed by atoms with van der Waals surface area (Å²) in [5.74, 6) is 1.57. The van der Waals surface area contributed by atoms with Crippen LogP contribution in [-0.4, -0.2) is 27.2 Å². The third-order valence-corrected chi connectivity index (χ3v) is 4.03. The average Bonchev–Trinajstić information content (AvgIpc) is 2.41. The monoisotopic (exact) mass is 263 g/mol. The summed E-state index contributed by atoms with van der Waals surface area (Å²) in [6.45, 7) is 4.98. The summed E-state index contributed by atoms with van der Waals surface area (Å²) in [5, 5.41) is 13.8. The molecule has 1 aromatic rings. The van der Waals surface area contributed by atoms with Gasteiger partial charge < -0.3 is 10.4 Å². The zero-order valence-electron chi connectivity index (χ0n) is 12.0. The van der Waals surface area contributed by atoms with Crippen molar-refractivity contribution in [2.45, 2.75) is 58.0 Å². The second-order valence-electron chi connectivity index (χ2n) is 5.91. The van der Waals surface area contributed by atoms with E-state index in [-0.39, 0.29) is 0 Å². The van der Waals surface area contributed by atoms with Crippen molar-refractivity contribution in [1.82, 2.24) is 9.97 Å². The smallest absolute Gasteiger partial charge is 0.129 e. The van der Waals surface area contributed by atoms with Crippen LogP contribution in [0.3, 0.4) is 0 Å². The number of nitrogens with zero attached hydrogens (tertiary/aromatic N) is 2. The van der Waals surface area contributed by atoms with Crippen LogP contribution in [0.1, 0.15) is 51.6 Å². The SMILES string of the molecule is CCCc1cc(NCC2(O)CCC(C)CC2)ncn1. The van der Waals surface area contributed by atoms with Crippen LogP contribution < -0.4 is 5.32 Å². The van der Waals surface area contributed by atoms with Crippen LogP contribution in [0.4, 0.5) is 5.82 Å². The highest BCUT2D eigenvalue weighted by atomic mass is 16.3. The van der Waals surface area contributed by atoms with Crippen molar-refractivity contribution in [3.05, 3.63) is 18.1 Å². The Hall–Kier alpha value is -1.16. The lowest BCUT2D eigenvalue weighted by molar-refractivity contribution is 0.00494. The molecule has 1 aliphatic carbocycles. The second-order valence-corrected chi connectivity index (χ2v) is 5.91. The van der Waals surface area contributed by atoms with Crippen molar-refractivity contribution >= 4 is 5.82 Å². The maximum absolute atomic E-state index is 10.5. The number of aromatic nitrogens is 2. The molecule has 2 rings (SSSR count). The first-order valence-electron chi connectivity index (χ1n) is 7.38. The predicted octanol–water partition coefficient (Wildman–Crippen LogP) is 2.78. The van der Waals surface area contributed by atoms with Gasteiger partial charge in [-0.15, -0.1) is 0 Å². The molecule has 1 aliphatic rings. The van der Waals surface area contributed by atoms with E-state index in [1.54, 1.807) is 6.33 Å². The van der Waals surface area contributed by atoms with Gasteiger partial charge in [-0.1, -0.05) is 20.3 Å². The van der Waals surface area contributed by atoms with Gasteiger partial charge in [-0.3, -0.25) is 0 Å². The van der Waals surface area contributed by atoms with Gasteiger partial charge >= 0.3 is 0 Å². The minimum atomic E-state index is -0.567. The standard InChI is InChI=1S/C15H25N3O/c1-3-4-13-9-14(18-11-17-13)16-10-15(19)7-5-12(2)6-8-15/h9,11-12,19H,3-8,10H2,1-2H3,(H,16,17,18). The third-order valence-electron chi connectivity index (χ3n) is 4.03. The molecule has 0 amide bonds. The summed E-state index contributed by atoms with van der Waals surface area (Å²) < 4.78 is 0. The van der Waals surface area contributed by atoms with Crippen LogP contribution in [0.25, 0.3) is 0 Å². The molecule has 4 heteroatoms. The summed E-state index contributed by atoms with van der Waals surface area (Å²) >= 11 is 0. The highest BCUT2D eigenvalue weighted by Gasteiger charge is 2.31. The number of hydrogen-bond donors (Lipinski definition) is 2. The van der Waals surface area contributed by atoms with Gasteiger partial charge in [0, 0.05) is 18.3 Å².